The minimum atomic E-state index is -3.56. The summed E-state index contributed by atoms with van der Waals surface area (Å²) in [6, 6.07) is 4.39. The summed E-state index contributed by atoms with van der Waals surface area (Å²) in [7, 11) is -0.626. The van der Waals surface area contributed by atoms with Crippen LogP contribution in [0.5, 0.6) is 5.75 Å². The Balaban J connectivity index is 3.21. The smallest absolute Gasteiger partial charge is 0.243 e. The second kappa shape index (κ2) is 5.99. The third-order valence-corrected chi connectivity index (χ3v) is 4.34. The van der Waals surface area contributed by atoms with Crippen LogP contribution in [-0.2, 0) is 16.6 Å². The average Bonchev–Trinajstić information content (AvgIpc) is 2.38. The van der Waals surface area contributed by atoms with Gasteiger partial charge in [-0.25, -0.2) is 8.42 Å². The maximum Gasteiger partial charge on any atom is 0.243 e. The van der Waals surface area contributed by atoms with E-state index >= 15 is 0 Å². The number of hydrogen-bond donors (Lipinski definition) is 1. The second-order valence-corrected chi connectivity index (χ2v) is 5.75. The van der Waals surface area contributed by atoms with Gasteiger partial charge in [0.15, 0.2) is 0 Å². The number of sulfonamides is 1. The van der Waals surface area contributed by atoms with E-state index in [1.54, 1.807) is 0 Å². The van der Waals surface area contributed by atoms with Crippen LogP contribution in [-0.4, -0.2) is 38.5 Å². The number of methoxy groups -OCH3 is 1. The fraction of sp³-hybridized carbons (Fsp3) is 0.333. The van der Waals surface area contributed by atoms with Crippen molar-refractivity contribution in [1.29, 1.82) is 0 Å². The quantitative estimate of drug-likeness (QED) is 0.784. The molecule has 6 heteroatoms. The highest BCUT2D eigenvalue weighted by Crippen LogP contribution is 2.24. The predicted molar refractivity (Wildman–Crippen MR) is 68.9 cm³/mol. The fourth-order valence-electron chi connectivity index (χ4n) is 1.50. The van der Waals surface area contributed by atoms with Gasteiger partial charge in [-0.2, -0.15) is 4.31 Å². The maximum atomic E-state index is 12.1. The highest BCUT2D eigenvalue weighted by Gasteiger charge is 2.20. The number of rotatable bonds is 6. The van der Waals surface area contributed by atoms with Gasteiger partial charge in [0, 0.05) is 19.2 Å². The van der Waals surface area contributed by atoms with E-state index in [1.807, 2.05) is 0 Å². The lowest BCUT2D eigenvalue weighted by Gasteiger charge is -2.16. The molecule has 100 valence electrons. The first-order chi connectivity index (χ1) is 8.47. The zero-order chi connectivity index (χ0) is 13.8. The van der Waals surface area contributed by atoms with E-state index < -0.39 is 10.0 Å². The van der Waals surface area contributed by atoms with Crippen LogP contribution in [0.3, 0.4) is 0 Å². The van der Waals surface area contributed by atoms with Crippen molar-refractivity contribution in [1.82, 2.24) is 4.31 Å². The van der Waals surface area contributed by atoms with Gasteiger partial charge in [-0.1, -0.05) is 6.08 Å². The lowest BCUT2D eigenvalue weighted by Crippen LogP contribution is -2.27. The first-order valence-electron chi connectivity index (χ1n) is 5.32. The lowest BCUT2D eigenvalue weighted by atomic mass is 10.2. The largest absolute Gasteiger partial charge is 0.496 e. The van der Waals surface area contributed by atoms with Gasteiger partial charge < -0.3 is 9.84 Å². The molecule has 0 aliphatic carbocycles. The maximum absolute atomic E-state index is 12.1. The molecule has 0 amide bonds. The van der Waals surface area contributed by atoms with Crippen LogP contribution < -0.4 is 4.74 Å². The summed E-state index contributed by atoms with van der Waals surface area (Å²) in [5, 5.41) is 9.18. The molecule has 1 rings (SSSR count). The van der Waals surface area contributed by atoms with Crippen LogP contribution in [0, 0.1) is 0 Å². The van der Waals surface area contributed by atoms with E-state index in [1.165, 1.54) is 42.7 Å². The van der Waals surface area contributed by atoms with Crippen molar-refractivity contribution in [3.8, 4) is 5.75 Å². The molecule has 0 aromatic heterocycles. The molecule has 0 spiro atoms. The topological polar surface area (TPSA) is 66.8 Å². The summed E-state index contributed by atoms with van der Waals surface area (Å²) in [6.07, 6.45) is 1.51. The van der Waals surface area contributed by atoms with E-state index in [4.69, 9.17) is 4.74 Å². The highest BCUT2D eigenvalue weighted by molar-refractivity contribution is 7.89. The Morgan fingerprint density at radius 3 is 2.67 bits per heavy atom. The number of hydrogen-bond acceptors (Lipinski definition) is 4. The zero-order valence-electron chi connectivity index (χ0n) is 10.5. The molecule has 0 unspecified atom stereocenters. The number of nitrogens with zero attached hydrogens (tertiary/aromatic N) is 1. The fourth-order valence-corrected chi connectivity index (χ4v) is 2.69. The first-order valence-corrected chi connectivity index (χ1v) is 6.76. The molecule has 0 fully saturated rings. The van der Waals surface area contributed by atoms with Crippen molar-refractivity contribution >= 4 is 10.0 Å². The molecular formula is C12H17NO4S. The molecule has 0 bridgehead atoms. The molecule has 0 atom stereocenters. The van der Waals surface area contributed by atoms with Crippen molar-refractivity contribution in [2.24, 2.45) is 0 Å². The van der Waals surface area contributed by atoms with Crippen molar-refractivity contribution in [3.05, 3.63) is 36.4 Å². The van der Waals surface area contributed by atoms with Gasteiger partial charge in [-0.15, -0.1) is 6.58 Å². The van der Waals surface area contributed by atoms with Crippen LogP contribution in [0.15, 0.2) is 35.7 Å². The summed E-state index contributed by atoms with van der Waals surface area (Å²) in [5.74, 6) is 0.461. The molecule has 1 N–H and O–H groups in total. The van der Waals surface area contributed by atoms with E-state index in [9.17, 15) is 13.5 Å². The van der Waals surface area contributed by atoms with Crippen LogP contribution in [0.2, 0.25) is 0 Å². The van der Waals surface area contributed by atoms with Crippen molar-refractivity contribution in [3.63, 3.8) is 0 Å². The Hall–Kier alpha value is -1.37. The Morgan fingerprint density at radius 1 is 1.50 bits per heavy atom. The predicted octanol–water partition coefficient (Wildman–Crippen LogP) is 0.994. The molecule has 1 aromatic carbocycles. The van der Waals surface area contributed by atoms with Gasteiger partial charge in [0.1, 0.15) is 5.75 Å². The Labute approximate surface area is 107 Å². The number of likely N-dealkylation sites (N-methyl/N-ethyl adjacent to an activating group) is 1. The third-order valence-electron chi connectivity index (χ3n) is 2.52. The van der Waals surface area contributed by atoms with Gasteiger partial charge in [0.05, 0.1) is 18.6 Å². The Morgan fingerprint density at radius 2 is 2.17 bits per heavy atom. The third kappa shape index (κ3) is 2.90. The highest BCUT2D eigenvalue weighted by atomic mass is 32.2. The Bertz CT molecular complexity index is 525. The molecule has 18 heavy (non-hydrogen) atoms. The van der Waals surface area contributed by atoms with Crippen LogP contribution in [0.4, 0.5) is 0 Å². The van der Waals surface area contributed by atoms with Gasteiger partial charge in [0.25, 0.3) is 0 Å². The molecule has 0 radical (unpaired) electrons. The summed E-state index contributed by atoms with van der Waals surface area (Å²) < 4.78 is 30.5. The molecule has 0 aliphatic rings. The molecule has 5 nitrogen and oxygen atoms in total. The van der Waals surface area contributed by atoms with Crippen LogP contribution in [0.1, 0.15) is 5.56 Å². The second-order valence-electron chi connectivity index (χ2n) is 3.71. The molecule has 0 saturated heterocycles. The number of benzene rings is 1. The number of aliphatic hydroxyl groups is 1. The van der Waals surface area contributed by atoms with Crippen LogP contribution in [0.25, 0.3) is 0 Å². The van der Waals surface area contributed by atoms with Gasteiger partial charge in [-0.3, -0.25) is 0 Å². The molecule has 1 aromatic rings. The summed E-state index contributed by atoms with van der Waals surface area (Å²) >= 11 is 0. The minimum absolute atomic E-state index is 0.122. The minimum Gasteiger partial charge on any atom is -0.496 e. The monoisotopic (exact) mass is 271 g/mol. The zero-order valence-corrected chi connectivity index (χ0v) is 11.3. The summed E-state index contributed by atoms with van der Waals surface area (Å²) in [5.41, 5.74) is 0.436. The number of aliphatic hydroxyl groups excluding tert-OH is 1. The molecular weight excluding hydrogens is 254 g/mol. The van der Waals surface area contributed by atoms with Crippen molar-refractivity contribution in [2.75, 3.05) is 20.7 Å². The van der Waals surface area contributed by atoms with Gasteiger partial charge >= 0.3 is 0 Å². The normalized spacial score (nSPS) is 11.6. The van der Waals surface area contributed by atoms with E-state index in [-0.39, 0.29) is 18.0 Å². The van der Waals surface area contributed by atoms with Crippen molar-refractivity contribution in [2.45, 2.75) is 11.5 Å². The summed E-state index contributed by atoms with van der Waals surface area (Å²) in [4.78, 5) is 0.122. The molecule has 0 saturated carbocycles. The van der Waals surface area contributed by atoms with Gasteiger partial charge in [0.2, 0.25) is 10.0 Å². The molecule has 0 aliphatic heterocycles. The standard InChI is InChI=1S/C12H17NO4S/c1-4-7-13(2)18(15,16)11-5-6-12(17-3)10(8-11)9-14/h4-6,8,14H,1,7,9H2,2-3H3. The average molecular weight is 271 g/mol. The van der Waals surface area contributed by atoms with Gasteiger partial charge in [-0.05, 0) is 18.2 Å². The summed E-state index contributed by atoms with van der Waals surface area (Å²) in [6.45, 7) is 3.45. The SMILES string of the molecule is C=CCN(C)S(=O)(=O)c1ccc(OC)c(CO)c1. The Kier molecular flexibility index (Phi) is 4.89. The molecule has 0 heterocycles. The van der Waals surface area contributed by atoms with E-state index in [0.717, 1.165) is 0 Å². The van der Waals surface area contributed by atoms with Crippen molar-refractivity contribution < 1.29 is 18.3 Å². The lowest BCUT2D eigenvalue weighted by molar-refractivity contribution is 0.273. The first kappa shape index (κ1) is 14.7. The van der Waals surface area contributed by atoms with E-state index in [0.29, 0.717) is 11.3 Å². The van der Waals surface area contributed by atoms with Crippen LogP contribution >= 0.6 is 0 Å². The van der Waals surface area contributed by atoms with E-state index in [2.05, 4.69) is 6.58 Å². The number of ether oxygens (including phenoxy) is 1.